The average Bonchev–Trinajstić information content (AvgIpc) is 2.74. The Balaban J connectivity index is 0.000000551. The van der Waals surface area contributed by atoms with E-state index in [0.29, 0.717) is 18.1 Å². The van der Waals surface area contributed by atoms with Crippen LogP contribution in [0.15, 0.2) is 24.3 Å². The fraction of sp³-hybridized carbons (Fsp3) is 0.680. The van der Waals surface area contributed by atoms with E-state index in [-0.39, 0.29) is 11.9 Å². The highest BCUT2D eigenvalue weighted by molar-refractivity contribution is 5.87. The van der Waals surface area contributed by atoms with Crippen molar-refractivity contribution in [3.05, 3.63) is 35.4 Å². The number of benzene rings is 1. The van der Waals surface area contributed by atoms with E-state index in [1.54, 1.807) is 12.1 Å². The standard InChI is InChI=1S/C14H28O2.C11H14O2/c1-4-6-7-8-9-10-11-12-16-14(15)13(3)5-2;1-3-8(2)9-4-6-10(7-5-9)11(12)13/h13H,4-12H2,1-3H3;4-8H,3H2,1-2H3,(H,12,13). The summed E-state index contributed by atoms with van der Waals surface area (Å²) in [6, 6.07) is 7.09. The Morgan fingerprint density at radius 3 is 1.90 bits per heavy atom. The van der Waals surface area contributed by atoms with Crippen molar-refractivity contribution >= 4 is 11.9 Å². The molecular formula is C25H42O4. The quantitative estimate of drug-likeness (QED) is 0.277. The van der Waals surface area contributed by atoms with Crippen molar-refractivity contribution in [3.8, 4) is 0 Å². The Bertz CT molecular complexity index is 550. The first-order chi connectivity index (χ1) is 13.9. The lowest BCUT2D eigenvalue weighted by atomic mass is 9.98. The van der Waals surface area contributed by atoms with Gasteiger partial charge in [-0.05, 0) is 42.9 Å². The molecule has 2 atom stereocenters. The van der Waals surface area contributed by atoms with Gasteiger partial charge in [0.25, 0.3) is 0 Å². The van der Waals surface area contributed by atoms with Crippen LogP contribution in [0.25, 0.3) is 0 Å². The van der Waals surface area contributed by atoms with Crippen molar-refractivity contribution in [2.45, 2.75) is 98.3 Å². The number of hydrogen-bond acceptors (Lipinski definition) is 3. The van der Waals surface area contributed by atoms with Crippen LogP contribution in [0, 0.1) is 5.92 Å². The minimum Gasteiger partial charge on any atom is -0.478 e. The molecule has 0 amide bonds. The number of carboxylic acid groups (broad SMARTS) is 1. The lowest BCUT2D eigenvalue weighted by Gasteiger charge is -2.08. The topological polar surface area (TPSA) is 63.6 Å². The van der Waals surface area contributed by atoms with E-state index in [1.165, 1.54) is 44.1 Å². The molecule has 0 radical (unpaired) electrons. The summed E-state index contributed by atoms with van der Waals surface area (Å²) in [5.41, 5.74) is 1.56. The number of carboxylic acids is 1. The number of carbonyl (C=O) groups excluding carboxylic acids is 1. The fourth-order valence-corrected chi connectivity index (χ4v) is 2.73. The summed E-state index contributed by atoms with van der Waals surface area (Å²) in [5, 5.41) is 8.67. The number of ether oxygens (including phenoxy) is 1. The minimum atomic E-state index is -0.865. The average molecular weight is 407 g/mol. The fourth-order valence-electron chi connectivity index (χ4n) is 2.73. The smallest absolute Gasteiger partial charge is 0.335 e. The van der Waals surface area contributed by atoms with Crippen LogP contribution in [0.2, 0.25) is 0 Å². The molecular weight excluding hydrogens is 364 g/mol. The predicted molar refractivity (Wildman–Crippen MR) is 121 cm³/mol. The largest absolute Gasteiger partial charge is 0.478 e. The van der Waals surface area contributed by atoms with E-state index < -0.39 is 5.97 Å². The van der Waals surface area contributed by atoms with E-state index in [0.717, 1.165) is 19.3 Å². The van der Waals surface area contributed by atoms with Gasteiger partial charge in [0.1, 0.15) is 0 Å². The van der Waals surface area contributed by atoms with Crippen molar-refractivity contribution < 1.29 is 19.4 Å². The molecule has 1 aromatic carbocycles. The summed E-state index contributed by atoms with van der Waals surface area (Å²) in [6.07, 6.45) is 10.8. The van der Waals surface area contributed by atoms with Crippen LogP contribution in [-0.4, -0.2) is 23.7 Å². The zero-order chi connectivity index (χ0) is 22.1. The second-order valence-corrected chi connectivity index (χ2v) is 7.83. The summed E-state index contributed by atoms with van der Waals surface area (Å²) >= 11 is 0. The van der Waals surface area contributed by atoms with Crippen molar-refractivity contribution in [1.29, 1.82) is 0 Å². The molecule has 4 heteroatoms. The van der Waals surface area contributed by atoms with Gasteiger partial charge in [0, 0.05) is 0 Å². The molecule has 29 heavy (non-hydrogen) atoms. The number of aromatic carboxylic acids is 1. The molecule has 0 aliphatic carbocycles. The third kappa shape index (κ3) is 13.1. The van der Waals surface area contributed by atoms with Crippen LogP contribution in [0.1, 0.15) is 114 Å². The van der Waals surface area contributed by atoms with E-state index in [4.69, 9.17) is 9.84 Å². The second kappa shape index (κ2) is 17.1. The Morgan fingerprint density at radius 2 is 1.41 bits per heavy atom. The van der Waals surface area contributed by atoms with Gasteiger partial charge in [-0.15, -0.1) is 0 Å². The van der Waals surface area contributed by atoms with E-state index in [9.17, 15) is 9.59 Å². The third-order valence-electron chi connectivity index (χ3n) is 5.35. The SMILES string of the molecule is CCC(C)c1ccc(C(=O)O)cc1.CCCCCCCCCOC(=O)C(C)CC. The van der Waals surface area contributed by atoms with Crippen LogP contribution >= 0.6 is 0 Å². The van der Waals surface area contributed by atoms with E-state index in [2.05, 4.69) is 20.8 Å². The summed E-state index contributed by atoms with van der Waals surface area (Å²) < 4.78 is 5.18. The Hall–Kier alpha value is -1.84. The van der Waals surface area contributed by atoms with Gasteiger partial charge in [-0.3, -0.25) is 4.79 Å². The predicted octanol–water partition coefficient (Wildman–Crippen LogP) is 7.22. The molecule has 0 aliphatic rings. The van der Waals surface area contributed by atoms with Crippen LogP contribution in [-0.2, 0) is 9.53 Å². The van der Waals surface area contributed by atoms with Gasteiger partial charge in [-0.2, -0.15) is 0 Å². The molecule has 0 aromatic heterocycles. The maximum absolute atomic E-state index is 11.3. The number of esters is 1. The van der Waals surface area contributed by atoms with Crippen molar-refractivity contribution in [2.75, 3.05) is 6.61 Å². The molecule has 166 valence electrons. The van der Waals surface area contributed by atoms with Gasteiger partial charge in [0.2, 0.25) is 0 Å². The second-order valence-electron chi connectivity index (χ2n) is 7.83. The molecule has 0 bridgehead atoms. The molecule has 1 rings (SSSR count). The highest BCUT2D eigenvalue weighted by Crippen LogP contribution is 2.18. The van der Waals surface area contributed by atoms with Crippen molar-refractivity contribution in [2.24, 2.45) is 5.92 Å². The van der Waals surface area contributed by atoms with Gasteiger partial charge in [0.15, 0.2) is 0 Å². The van der Waals surface area contributed by atoms with Gasteiger partial charge in [0.05, 0.1) is 18.1 Å². The number of rotatable bonds is 13. The normalized spacial score (nSPS) is 12.4. The Kier molecular flexibility index (Phi) is 16.0. The minimum absolute atomic E-state index is 0.0338. The molecule has 1 aromatic rings. The number of hydrogen-bond donors (Lipinski definition) is 1. The molecule has 0 spiro atoms. The maximum atomic E-state index is 11.3. The number of unbranched alkanes of at least 4 members (excludes halogenated alkanes) is 6. The van der Waals surface area contributed by atoms with Gasteiger partial charge in [-0.25, -0.2) is 4.79 Å². The first-order valence-corrected chi connectivity index (χ1v) is 11.4. The molecule has 0 fully saturated rings. The Labute approximate surface area is 178 Å². The van der Waals surface area contributed by atoms with Crippen LogP contribution < -0.4 is 0 Å². The Morgan fingerprint density at radius 1 is 0.862 bits per heavy atom. The molecule has 0 saturated carbocycles. The van der Waals surface area contributed by atoms with Crippen LogP contribution in [0.3, 0.4) is 0 Å². The number of carbonyl (C=O) groups is 2. The maximum Gasteiger partial charge on any atom is 0.335 e. The monoisotopic (exact) mass is 406 g/mol. The van der Waals surface area contributed by atoms with Crippen molar-refractivity contribution in [1.82, 2.24) is 0 Å². The first-order valence-electron chi connectivity index (χ1n) is 11.4. The molecule has 0 aliphatic heterocycles. The summed E-state index contributed by atoms with van der Waals surface area (Å²) in [4.78, 5) is 21.9. The van der Waals surface area contributed by atoms with E-state index >= 15 is 0 Å². The summed E-state index contributed by atoms with van der Waals surface area (Å²) in [7, 11) is 0. The van der Waals surface area contributed by atoms with Crippen molar-refractivity contribution in [3.63, 3.8) is 0 Å². The lowest BCUT2D eigenvalue weighted by Crippen LogP contribution is -2.14. The highest BCUT2D eigenvalue weighted by atomic mass is 16.5. The molecule has 4 nitrogen and oxygen atoms in total. The zero-order valence-corrected chi connectivity index (χ0v) is 19.2. The summed E-state index contributed by atoms with van der Waals surface area (Å²) in [6.45, 7) is 11.0. The van der Waals surface area contributed by atoms with Crippen LogP contribution in [0.5, 0.6) is 0 Å². The molecule has 0 saturated heterocycles. The van der Waals surface area contributed by atoms with E-state index in [1.807, 2.05) is 26.0 Å². The lowest BCUT2D eigenvalue weighted by molar-refractivity contribution is -0.148. The van der Waals surface area contributed by atoms with Gasteiger partial charge >= 0.3 is 11.9 Å². The van der Waals surface area contributed by atoms with Gasteiger partial charge < -0.3 is 9.84 Å². The van der Waals surface area contributed by atoms with Gasteiger partial charge in [-0.1, -0.05) is 85.3 Å². The highest BCUT2D eigenvalue weighted by Gasteiger charge is 2.10. The molecule has 0 heterocycles. The molecule has 1 N–H and O–H groups in total. The van der Waals surface area contributed by atoms with Crippen LogP contribution in [0.4, 0.5) is 0 Å². The zero-order valence-electron chi connectivity index (χ0n) is 19.2. The third-order valence-corrected chi connectivity index (χ3v) is 5.35. The molecule has 2 unspecified atom stereocenters. The first kappa shape index (κ1) is 27.2. The summed E-state index contributed by atoms with van der Waals surface area (Å²) in [5.74, 6) is -0.336.